The number of hydrogen-bond acceptors (Lipinski definition) is 4. The van der Waals surface area contributed by atoms with Crippen molar-refractivity contribution in [3.05, 3.63) is 11.6 Å². The summed E-state index contributed by atoms with van der Waals surface area (Å²) in [7, 11) is -1.46. The van der Waals surface area contributed by atoms with Gasteiger partial charge in [0.05, 0.1) is 13.2 Å². The highest BCUT2D eigenvalue weighted by molar-refractivity contribution is 6.69. The second kappa shape index (κ2) is 9.04. The van der Waals surface area contributed by atoms with Crippen LogP contribution in [-0.4, -0.2) is 33.3 Å². The summed E-state index contributed by atoms with van der Waals surface area (Å²) < 4.78 is 10.4. The molecule has 5 heteroatoms. The van der Waals surface area contributed by atoms with Gasteiger partial charge in [-0.1, -0.05) is 11.6 Å². The van der Waals surface area contributed by atoms with Crippen molar-refractivity contribution in [2.75, 3.05) is 13.2 Å². The normalized spacial score (nSPS) is 12.4. The van der Waals surface area contributed by atoms with Crippen molar-refractivity contribution in [3.63, 3.8) is 0 Å². The van der Waals surface area contributed by atoms with E-state index in [1.165, 1.54) is 5.57 Å². The minimum Gasteiger partial charge on any atom is -0.460 e. The van der Waals surface area contributed by atoms with Crippen molar-refractivity contribution in [2.24, 2.45) is 0 Å². The third kappa shape index (κ3) is 10.6. The topological polar surface area (TPSA) is 52.6 Å². The van der Waals surface area contributed by atoms with Crippen LogP contribution in [0.25, 0.3) is 0 Å². The lowest BCUT2D eigenvalue weighted by Gasteiger charge is -2.15. The maximum absolute atomic E-state index is 11.3. The first-order valence-corrected chi connectivity index (χ1v) is 10.2. The quantitative estimate of drug-likeness (QED) is 0.283. The highest BCUT2D eigenvalue weighted by atomic mass is 28.4. The van der Waals surface area contributed by atoms with Crippen molar-refractivity contribution in [1.29, 1.82) is 0 Å². The number of carbonyl (C=O) groups is 2. The molecular formula is C14H26O4Si. The fraction of sp³-hybridized carbons (Fsp3) is 0.714. The molecule has 4 nitrogen and oxygen atoms in total. The Kier molecular flexibility index (Phi) is 8.59. The van der Waals surface area contributed by atoms with Crippen LogP contribution in [0, 0.1) is 0 Å². The number of ketones is 1. The maximum atomic E-state index is 11.3. The molecule has 0 spiro atoms. The largest absolute Gasteiger partial charge is 0.460 e. The predicted molar refractivity (Wildman–Crippen MR) is 78.5 cm³/mol. The van der Waals surface area contributed by atoms with Crippen molar-refractivity contribution in [3.8, 4) is 0 Å². The molecule has 0 rings (SSSR count). The summed E-state index contributed by atoms with van der Waals surface area (Å²) in [4.78, 5) is 22.4. The van der Waals surface area contributed by atoms with E-state index < -0.39 is 20.1 Å². The van der Waals surface area contributed by atoms with Gasteiger partial charge in [0, 0.05) is 6.42 Å². The summed E-state index contributed by atoms with van der Waals surface area (Å²) in [6.07, 6.45) is 3.78. The van der Waals surface area contributed by atoms with Crippen LogP contribution in [0.1, 0.15) is 33.1 Å². The lowest BCUT2D eigenvalue weighted by molar-refractivity contribution is -0.153. The van der Waals surface area contributed by atoms with E-state index in [0.29, 0.717) is 13.0 Å². The number of Topliss-reactive ketones (excluding diaryl/α,β-unsaturated/α-hetero) is 1. The van der Waals surface area contributed by atoms with Crippen LogP contribution in [0.3, 0.4) is 0 Å². The Balaban J connectivity index is 3.85. The van der Waals surface area contributed by atoms with E-state index in [-0.39, 0.29) is 13.0 Å². The van der Waals surface area contributed by atoms with E-state index in [1.807, 2.05) is 13.0 Å². The Hall–Kier alpha value is -0.943. The molecule has 0 aromatic carbocycles. The van der Waals surface area contributed by atoms with Gasteiger partial charge in [-0.05, 0) is 46.3 Å². The first-order chi connectivity index (χ1) is 8.76. The fourth-order valence-electron chi connectivity index (χ4n) is 1.38. The summed E-state index contributed by atoms with van der Waals surface area (Å²) in [5.41, 5.74) is 1.19. The summed E-state index contributed by atoms with van der Waals surface area (Å²) in [5.74, 6) is -1.15. The minimum atomic E-state index is -1.46. The number of ether oxygens (including phenoxy) is 1. The van der Waals surface area contributed by atoms with Crippen LogP contribution in [-0.2, 0) is 18.8 Å². The standard InChI is InChI=1S/C14H26O4Si/c1-6-17-14(16)13(15)9-7-8-12(2)10-11-18-19(3,4)5/h10H,6-9,11H2,1-5H3/b12-10+. The summed E-state index contributed by atoms with van der Waals surface area (Å²) in [6, 6.07) is 0. The lowest BCUT2D eigenvalue weighted by Crippen LogP contribution is -2.25. The van der Waals surface area contributed by atoms with Crippen molar-refractivity contribution in [1.82, 2.24) is 0 Å². The van der Waals surface area contributed by atoms with Crippen LogP contribution < -0.4 is 0 Å². The molecule has 0 aliphatic heterocycles. The van der Waals surface area contributed by atoms with Crippen molar-refractivity contribution >= 4 is 20.1 Å². The van der Waals surface area contributed by atoms with Gasteiger partial charge in [0.25, 0.3) is 0 Å². The predicted octanol–water partition coefficient (Wildman–Crippen LogP) is 3.09. The molecule has 0 atom stereocenters. The number of carbonyl (C=O) groups excluding carboxylic acids is 2. The van der Waals surface area contributed by atoms with Gasteiger partial charge in [-0.3, -0.25) is 4.79 Å². The highest BCUT2D eigenvalue weighted by Gasteiger charge is 2.14. The van der Waals surface area contributed by atoms with Gasteiger partial charge in [-0.25, -0.2) is 4.79 Å². The van der Waals surface area contributed by atoms with Crippen LogP contribution in [0.5, 0.6) is 0 Å². The zero-order valence-corrected chi connectivity index (χ0v) is 13.7. The summed E-state index contributed by atoms with van der Waals surface area (Å²) in [5, 5.41) is 0. The molecule has 110 valence electrons. The molecule has 0 amide bonds. The van der Waals surface area contributed by atoms with Crippen LogP contribution in [0.15, 0.2) is 11.6 Å². The molecule has 0 fully saturated rings. The van der Waals surface area contributed by atoms with Gasteiger partial charge in [-0.15, -0.1) is 0 Å². The summed E-state index contributed by atoms with van der Waals surface area (Å²) >= 11 is 0. The third-order valence-corrected chi connectivity index (χ3v) is 3.46. The van der Waals surface area contributed by atoms with Gasteiger partial charge >= 0.3 is 5.97 Å². The molecule has 0 aromatic heterocycles. The number of allylic oxidation sites excluding steroid dienone is 1. The Morgan fingerprint density at radius 2 is 1.79 bits per heavy atom. The molecule has 0 bridgehead atoms. The molecule has 19 heavy (non-hydrogen) atoms. The molecule has 0 saturated carbocycles. The molecule has 0 saturated heterocycles. The average molecular weight is 286 g/mol. The first kappa shape index (κ1) is 18.1. The number of hydrogen-bond donors (Lipinski definition) is 0. The van der Waals surface area contributed by atoms with E-state index in [4.69, 9.17) is 4.43 Å². The van der Waals surface area contributed by atoms with Gasteiger partial charge in [0.1, 0.15) is 0 Å². The molecule has 0 N–H and O–H groups in total. The van der Waals surface area contributed by atoms with Gasteiger partial charge in [0.2, 0.25) is 5.78 Å². The third-order valence-electron chi connectivity index (χ3n) is 2.43. The minimum absolute atomic E-state index is 0.248. The molecular weight excluding hydrogens is 260 g/mol. The lowest BCUT2D eigenvalue weighted by atomic mass is 10.1. The second-order valence-corrected chi connectivity index (χ2v) is 9.98. The van der Waals surface area contributed by atoms with Crippen LogP contribution in [0.4, 0.5) is 0 Å². The second-order valence-electron chi connectivity index (χ2n) is 5.47. The Bertz CT molecular complexity index is 329. The van der Waals surface area contributed by atoms with Crippen molar-refractivity contribution < 1.29 is 18.8 Å². The fourth-order valence-corrected chi connectivity index (χ4v) is 1.96. The molecule has 0 radical (unpaired) electrons. The Morgan fingerprint density at radius 1 is 1.16 bits per heavy atom. The summed E-state index contributed by atoms with van der Waals surface area (Å²) in [6.45, 7) is 11.0. The molecule has 0 aliphatic carbocycles. The van der Waals surface area contributed by atoms with Crippen LogP contribution in [0.2, 0.25) is 19.6 Å². The smallest absolute Gasteiger partial charge is 0.374 e. The maximum Gasteiger partial charge on any atom is 0.374 e. The number of esters is 1. The van der Waals surface area contributed by atoms with Crippen molar-refractivity contribution in [2.45, 2.75) is 52.8 Å². The highest BCUT2D eigenvalue weighted by Crippen LogP contribution is 2.09. The van der Waals surface area contributed by atoms with E-state index in [1.54, 1.807) is 6.92 Å². The van der Waals surface area contributed by atoms with Gasteiger partial charge < -0.3 is 9.16 Å². The number of rotatable bonds is 9. The van der Waals surface area contributed by atoms with Gasteiger partial charge in [0.15, 0.2) is 8.32 Å². The average Bonchev–Trinajstić information content (AvgIpc) is 2.27. The first-order valence-electron chi connectivity index (χ1n) is 6.75. The van der Waals surface area contributed by atoms with Crippen LogP contribution >= 0.6 is 0 Å². The van der Waals surface area contributed by atoms with E-state index >= 15 is 0 Å². The molecule has 0 heterocycles. The molecule has 0 aromatic rings. The van der Waals surface area contributed by atoms with Gasteiger partial charge in [-0.2, -0.15) is 0 Å². The van der Waals surface area contributed by atoms with E-state index in [9.17, 15) is 9.59 Å². The Labute approximate surface area is 117 Å². The zero-order chi connectivity index (χ0) is 14.9. The molecule has 0 unspecified atom stereocenters. The molecule has 0 aliphatic rings. The SMILES string of the molecule is CCOC(=O)C(=O)CCC/C(C)=C/CO[Si](C)(C)C. The monoisotopic (exact) mass is 286 g/mol. The zero-order valence-electron chi connectivity index (χ0n) is 12.7. The Morgan fingerprint density at radius 3 is 2.32 bits per heavy atom. The van der Waals surface area contributed by atoms with E-state index in [0.717, 1.165) is 6.42 Å². The van der Waals surface area contributed by atoms with E-state index in [2.05, 4.69) is 24.4 Å².